The first-order chi connectivity index (χ1) is 16.4. The van der Waals surface area contributed by atoms with Crippen LogP contribution in [0.2, 0.25) is 0 Å². The minimum absolute atomic E-state index is 0.0492. The Bertz CT molecular complexity index is 1240. The van der Waals surface area contributed by atoms with Gasteiger partial charge in [-0.3, -0.25) is 4.68 Å². The summed E-state index contributed by atoms with van der Waals surface area (Å²) in [5.41, 5.74) is 0.690. The predicted molar refractivity (Wildman–Crippen MR) is 115 cm³/mol. The summed E-state index contributed by atoms with van der Waals surface area (Å²) in [6.45, 7) is 1.51. The third-order valence-corrected chi connectivity index (χ3v) is 5.71. The highest BCUT2D eigenvalue weighted by Crippen LogP contribution is 2.30. The Morgan fingerprint density at radius 2 is 1.79 bits per heavy atom. The maximum absolute atomic E-state index is 14.3. The van der Waals surface area contributed by atoms with Crippen LogP contribution < -0.4 is 4.90 Å². The summed E-state index contributed by atoms with van der Waals surface area (Å²) in [6, 6.07) is 2.27. The second-order valence-electron chi connectivity index (χ2n) is 8.00. The molecule has 0 spiro atoms. The molecule has 4 heterocycles. The van der Waals surface area contributed by atoms with Gasteiger partial charge in [0.2, 0.25) is 5.95 Å². The topological polar surface area (TPSA) is 95.6 Å². The third kappa shape index (κ3) is 4.16. The number of piperazine rings is 1. The van der Waals surface area contributed by atoms with E-state index >= 15 is 0 Å². The number of anilines is 1. The summed E-state index contributed by atoms with van der Waals surface area (Å²) in [6.07, 6.45) is 4.57. The van der Waals surface area contributed by atoms with Crippen molar-refractivity contribution in [2.75, 3.05) is 31.1 Å². The van der Waals surface area contributed by atoms with E-state index in [0.717, 1.165) is 12.3 Å². The summed E-state index contributed by atoms with van der Waals surface area (Å²) < 4.78 is 43.1. The lowest BCUT2D eigenvalue weighted by Crippen LogP contribution is -2.52. The van der Waals surface area contributed by atoms with Crippen molar-refractivity contribution in [2.45, 2.75) is 12.5 Å². The summed E-state index contributed by atoms with van der Waals surface area (Å²) in [7, 11) is 1.67. The second kappa shape index (κ2) is 8.72. The lowest BCUT2D eigenvalue weighted by molar-refractivity contribution is 0.139. The molecular formula is C21H20F3N9O. The molecule has 1 aromatic carbocycles. The molecular weight excluding hydrogens is 451 g/mol. The number of halogens is 3. The largest absolute Gasteiger partial charge is 0.341 e. The van der Waals surface area contributed by atoms with Crippen LogP contribution in [0.1, 0.15) is 18.0 Å². The molecule has 10 nitrogen and oxygen atoms in total. The highest BCUT2D eigenvalue weighted by molar-refractivity contribution is 5.78. The van der Waals surface area contributed by atoms with Crippen molar-refractivity contribution in [3.8, 4) is 11.4 Å². The van der Waals surface area contributed by atoms with Crippen molar-refractivity contribution in [1.29, 1.82) is 0 Å². The molecule has 3 aromatic rings. The van der Waals surface area contributed by atoms with Crippen molar-refractivity contribution in [1.82, 2.24) is 34.9 Å². The number of aromatic nitrogens is 5. The fourth-order valence-corrected chi connectivity index (χ4v) is 4.03. The number of hydrogen-bond acceptors (Lipinski definition) is 7. The van der Waals surface area contributed by atoms with Gasteiger partial charge in [0.25, 0.3) is 0 Å². The van der Waals surface area contributed by atoms with Gasteiger partial charge in [-0.05, 0) is 17.7 Å². The van der Waals surface area contributed by atoms with E-state index in [1.165, 1.54) is 21.8 Å². The molecule has 13 heteroatoms. The highest BCUT2D eigenvalue weighted by Gasteiger charge is 2.34. The van der Waals surface area contributed by atoms with Crippen LogP contribution in [0, 0.1) is 17.5 Å². The normalized spacial score (nSPS) is 18.1. The molecule has 0 saturated carbocycles. The van der Waals surface area contributed by atoms with E-state index in [4.69, 9.17) is 0 Å². The second-order valence-corrected chi connectivity index (χ2v) is 8.00. The Balaban J connectivity index is 1.27. The summed E-state index contributed by atoms with van der Waals surface area (Å²) in [4.78, 5) is 25.0. The number of amides is 2. The van der Waals surface area contributed by atoms with Crippen LogP contribution in [-0.4, -0.2) is 73.3 Å². The van der Waals surface area contributed by atoms with Gasteiger partial charge < -0.3 is 9.80 Å². The van der Waals surface area contributed by atoms with Crippen LogP contribution in [0.15, 0.2) is 35.7 Å². The van der Waals surface area contributed by atoms with E-state index in [-0.39, 0.29) is 11.7 Å². The Hall–Kier alpha value is -4.03. The Kier molecular flexibility index (Phi) is 5.59. The van der Waals surface area contributed by atoms with Gasteiger partial charge in [0.1, 0.15) is 23.0 Å². The zero-order chi connectivity index (χ0) is 23.8. The monoisotopic (exact) mass is 471 g/mol. The Morgan fingerprint density at radius 3 is 2.47 bits per heavy atom. The number of rotatable bonds is 3. The smallest absolute Gasteiger partial charge is 0.337 e. The SMILES string of the molecule is Cn1cc(-c2nc(N3CCN(C(=O)N4N=CCC4c4cc(F)cc(F)c4)CC3)ncc2F)nn1. The van der Waals surface area contributed by atoms with Crippen molar-refractivity contribution < 1.29 is 18.0 Å². The minimum Gasteiger partial charge on any atom is -0.337 e. The first-order valence-corrected chi connectivity index (χ1v) is 10.6. The van der Waals surface area contributed by atoms with Crippen LogP contribution in [0.4, 0.5) is 23.9 Å². The average molecular weight is 471 g/mol. The van der Waals surface area contributed by atoms with Crippen molar-refractivity contribution in [3.05, 3.63) is 53.6 Å². The van der Waals surface area contributed by atoms with Gasteiger partial charge in [0, 0.05) is 51.9 Å². The molecule has 2 aliphatic rings. The number of carbonyl (C=O) groups excluding carboxylic acids is 1. The van der Waals surface area contributed by atoms with Crippen molar-refractivity contribution in [2.24, 2.45) is 12.1 Å². The first-order valence-electron chi connectivity index (χ1n) is 10.6. The number of aryl methyl sites for hydroxylation is 1. The maximum Gasteiger partial charge on any atom is 0.341 e. The molecule has 0 N–H and O–H groups in total. The number of hydrazone groups is 1. The molecule has 1 fully saturated rings. The quantitative estimate of drug-likeness (QED) is 0.582. The van der Waals surface area contributed by atoms with Crippen LogP contribution in [-0.2, 0) is 7.05 Å². The number of carbonyl (C=O) groups is 1. The van der Waals surface area contributed by atoms with Gasteiger partial charge in [-0.15, -0.1) is 5.10 Å². The molecule has 0 radical (unpaired) electrons. The number of hydrogen-bond donors (Lipinski definition) is 0. The zero-order valence-electron chi connectivity index (χ0n) is 18.1. The predicted octanol–water partition coefficient (Wildman–Crippen LogP) is 2.36. The van der Waals surface area contributed by atoms with E-state index in [2.05, 4.69) is 25.4 Å². The molecule has 1 atom stereocenters. The molecule has 2 aliphatic heterocycles. The molecule has 2 amide bonds. The number of nitrogens with zero attached hydrogens (tertiary/aromatic N) is 9. The van der Waals surface area contributed by atoms with Crippen LogP contribution in [0.5, 0.6) is 0 Å². The molecule has 1 saturated heterocycles. The zero-order valence-corrected chi connectivity index (χ0v) is 18.1. The van der Waals surface area contributed by atoms with Crippen LogP contribution in [0.25, 0.3) is 11.4 Å². The molecule has 0 bridgehead atoms. The summed E-state index contributed by atoms with van der Waals surface area (Å²) in [5.74, 6) is -1.70. The molecule has 5 rings (SSSR count). The summed E-state index contributed by atoms with van der Waals surface area (Å²) in [5, 5.41) is 13.1. The van der Waals surface area contributed by atoms with Gasteiger partial charge in [-0.25, -0.2) is 32.9 Å². The Morgan fingerprint density at radius 1 is 1.06 bits per heavy atom. The lowest BCUT2D eigenvalue weighted by atomic mass is 10.0. The highest BCUT2D eigenvalue weighted by atomic mass is 19.1. The Labute approximate surface area is 192 Å². The van der Waals surface area contributed by atoms with E-state index in [0.29, 0.717) is 49.8 Å². The number of benzene rings is 1. The van der Waals surface area contributed by atoms with E-state index in [1.807, 2.05) is 4.90 Å². The average Bonchev–Trinajstić information content (AvgIpc) is 3.48. The van der Waals surface area contributed by atoms with Crippen molar-refractivity contribution in [3.63, 3.8) is 0 Å². The third-order valence-electron chi connectivity index (χ3n) is 5.71. The first kappa shape index (κ1) is 21.8. The van der Waals surface area contributed by atoms with Gasteiger partial charge >= 0.3 is 6.03 Å². The van der Waals surface area contributed by atoms with Crippen molar-refractivity contribution >= 4 is 18.2 Å². The van der Waals surface area contributed by atoms with E-state index < -0.39 is 23.5 Å². The molecule has 2 aromatic heterocycles. The molecule has 0 aliphatic carbocycles. The number of urea groups is 1. The van der Waals surface area contributed by atoms with Gasteiger partial charge in [-0.2, -0.15) is 5.10 Å². The molecule has 1 unspecified atom stereocenters. The standard InChI is InChI=1S/C21H20F3N9O/c1-30-12-17(28-29-30)19-16(24)11-25-20(27-19)31-4-6-32(7-5-31)21(34)33-18(2-3-26-33)13-8-14(22)10-15(23)9-13/h3,8-12,18H,2,4-7H2,1H3. The maximum atomic E-state index is 14.3. The van der Waals surface area contributed by atoms with E-state index in [1.54, 1.807) is 24.4 Å². The fourth-order valence-electron chi connectivity index (χ4n) is 4.03. The van der Waals surface area contributed by atoms with Crippen LogP contribution >= 0.6 is 0 Å². The minimum atomic E-state index is -0.705. The molecule has 176 valence electrons. The van der Waals surface area contributed by atoms with Gasteiger partial charge in [0.05, 0.1) is 18.4 Å². The van der Waals surface area contributed by atoms with Gasteiger partial charge in [-0.1, -0.05) is 5.21 Å². The van der Waals surface area contributed by atoms with E-state index in [9.17, 15) is 18.0 Å². The van der Waals surface area contributed by atoms with Crippen LogP contribution in [0.3, 0.4) is 0 Å². The summed E-state index contributed by atoms with van der Waals surface area (Å²) >= 11 is 0. The molecule has 34 heavy (non-hydrogen) atoms. The lowest BCUT2D eigenvalue weighted by Gasteiger charge is -2.37. The fraction of sp³-hybridized carbons (Fsp3) is 0.333. The van der Waals surface area contributed by atoms with Gasteiger partial charge in [0.15, 0.2) is 5.82 Å².